The third kappa shape index (κ3) is 7.24. The molecule has 1 amide bonds. The molecule has 0 aliphatic rings. The van der Waals surface area contributed by atoms with Crippen molar-refractivity contribution in [3.8, 4) is 0 Å². The lowest BCUT2D eigenvalue weighted by Crippen LogP contribution is -2.26. The molecule has 0 unspecified atom stereocenters. The van der Waals surface area contributed by atoms with Crippen LogP contribution in [0.2, 0.25) is 0 Å². The van der Waals surface area contributed by atoms with Crippen LogP contribution in [0, 0.1) is 5.92 Å². The monoisotopic (exact) mass is 263 g/mol. The van der Waals surface area contributed by atoms with E-state index in [-0.39, 0.29) is 12.4 Å². The number of nitrogens with one attached hydrogen (secondary N) is 1. The largest absolute Gasteiger partial charge is 0.445 e. The van der Waals surface area contributed by atoms with Crippen molar-refractivity contribution in [2.45, 2.75) is 33.3 Å². The Morgan fingerprint density at radius 2 is 1.89 bits per heavy atom. The number of benzene rings is 1. The van der Waals surface area contributed by atoms with Gasteiger partial charge in [-0.1, -0.05) is 44.2 Å². The molecule has 0 aromatic heterocycles. The molecule has 0 spiro atoms. The Bertz CT molecular complexity index is 401. The third-order valence-electron chi connectivity index (χ3n) is 2.52. The van der Waals surface area contributed by atoms with Gasteiger partial charge in [-0.3, -0.25) is 4.79 Å². The average Bonchev–Trinajstić information content (AvgIpc) is 2.36. The maximum Gasteiger partial charge on any atom is 0.407 e. The molecule has 19 heavy (non-hydrogen) atoms. The maximum absolute atomic E-state index is 11.4. The summed E-state index contributed by atoms with van der Waals surface area (Å²) in [5.74, 6) is 0.524. The molecule has 0 saturated heterocycles. The number of amides is 1. The standard InChI is InChI=1S/C15H21NO3/c1-12(2)10-14(17)8-9-16-15(18)19-11-13-6-4-3-5-7-13/h3-7,12H,8-11H2,1-2H3,(H,16,18). The predicted molar refractivity (Wildman–Crippen MR) is 73.7 cm³/mol. The molecule has 0 bridgehead atoms. The molecule has 1 aromatic rings. The number of rotatable bonds is 7. The molecule has 0 fully saturated rings. The summed E-state index contributed by atoms with van der Waals surface area (Å²) in [6.07, 6.45) is 0.431. The van der Waals surface area contributed by atoms with Gasteiger partial charge in [-0.2, -0.15) is 0 Å². The van der Waals surface area contributed by atoms with Gasteiger partial charge in [-0.25, -0.2) is 4.79 Å². The highest BCUT2D eigenvalue weighted by molar-refractivity contribution is 5.79. The van der Waals surface area contributed by atoms with Crippen LogP contribution in [0.1, 0.15) is 32.3 Å². The molecule has 0 aliphatic heterocycles. The van der Waals surface area contributed by atoms with Gasteiger partial charge in [0.15, 0.2) is 0 Å². The van der Waals surface area contributed by atoms with Crippen LogP contribution in [0.15, 0.2) is 30.3 Å². The molecule has 0 saturated carbocycles. The zero-order valence-electron chi connectivity index (χ0n) is 11.5. The summed E-state index contributed by atoms with van der Waals surface area (Å²) in [5, 5.41) is 2.58. The van der Waals surface area contributed by atoms with Crippen LogP contribution in [0.25, 0.3) is 0 Å². The summed E-state index contributed by atoms with van der Waals surface area (Å²) < 4.78 is 5.03. The first-order chi connectivity index (χ1) is 9.08. The van der Waals surface area contributed by atoms with E-state index in [2.05, 4.69) is 5.32 Å². The van der Waals surface area contributed by atoms with Crippen LogP contribution >= 0.6 is 0 Å². The predicted octanol–water partition coefficient (Wildman–Crippen LogP) is 2.92. The fraction of sp³-hybridized carbons (Fsp3) is 0.467. The van der Waals surface area contributed by atoms with Gasteiger partial charge in [-0.15, -0.1) is 0 Å². The molecule has 0 atom stereocenters. The number of carbonyl (C=O) groups excluding carboxylic acids is 2. The Hall–Kier alpha value is -1.84. The van der Waals surface area contributed by atoms with Crippen molar-refractivity contribution in [2.24, 2.45) is 5.92 Å². The Balaban J connectivity index is 2.13. The number of hydrogen-bond donors (Lipinski definition) is 1. The first-order valence-electron chi connectivity index (χ1n) is 6.54. The second-order valence-electron chi connectivity index (χ2n) is 4.88. The van der Waals surface area contributed by atoms with Gasteiger partial charge in [0.1, 0.15) is 12.4 Å². The van der Waals surface area contributed by atoms with Crippen molar-refractivity contribution in [2.75, 3.05) is 6.54 Å². The Morgan fingerprint density at radius 1 is 1.21 bits per heavy atom. The lowest BCUT2D eigenvalue weighted by atomic mass is 10.1. The van der Waals surface area contributed by atoms with E-state index in [9.17, 15) is 9.59 Å². The van der Waals surface area contributed by atoms with Gasteiger partial charge < -0.3 is 10.1 Å². The summed E-state index contributed by atoms with van der Waals surface area (Å²) in [6.45, 7) is 4.57. The molecule has 4 heteroatoms. The summed E-state index contributed by atoms with van der Waals surface area (Å²) in [5.41, 5.74) is 0.938. The Kier molecular flexibility index (Phi) is 6.64. The minimum absolute atomic E-state index is 0.165. The van der Waals surface area contributed by atoms with Crippen molar-refractivity contribution in [1.29, 1.82) is 0 Å². The maximum atomic E-state index is 11.4. The van der Waals surface area contributed by atoms with Crippen molar-refractivity contribution in [3.05, 3.63) is 35.9 Å². The van der Waals surface area contributed by atoms with E-state index < -0.39 is 6.09 Å². The van der Waals surface area contributed by atoms with Gasteiger partial charge in [-0.05, 0) is 11.5 Å². The van der Waals surface area contributed by atoms with Crippen LogP contribution in [0.5, 0.6) is 0 Å². The molecule has 1 N–H and O–H groups in total. The van der Waals surface area contributed by atoms with E-state index in [0.29, 0.717) is 25.3 Å². The topological polar surface area (TPSA) is 55.4 Å². The van der Waals surface area contributed by atoms with Crippen molar-refractivity contribution in [1.82, 2.24) is 5.32 Å². The van der Waals surface area contributed by atoms with Gasteiger partial charge in [0.2, 0.25) is 0 Å². The van der Waals surface area contributed by atoms with Gasteiger partial charge in [0, 0.05) is 19.4 Å². The normalized spacial score (nSPS) is 10.3. The number of Topliss-reactive ketones (excluding diaryl/α,β-unsaturated/α-hetero) is 1. The van der Waals surface area contributed by atoms with Crippen molar-refractivity contribution < 1.29 is 14.3 Å². The molecule has 1 rings (SSSR count). The van der Waals surface area contributed by atoms with Gasteiger partial charge in [0.05, 0.1) is 0 Å². The van der Waals surface area contributed by atoms with Crippen LogP contribution in [0.3, 0.4) is 0 Å². The Morgan fingerprint density at radius 3 is 2.53 bits per heavy atom. The summed E-state index contributed by atoms with van der Waals surface area (Å²) in [7, 11) is 0. The van der Waals surface area contributed by atoms with Gasteiger partial charge in [0.25, 0.3) is 0 Å². The third-order valence-corrected chi connectivity index (χ3v) is 2.52. The smallest absolute Gasteiger partial charge is 0.407 e. The lowest BCUT2D eigenvalue weighted by molar-refractivity contribution is -0.119. The van der Waals surface area contributed by atoms with E-state index in [1.165, 1.54) is 0 Å². The molecule has 104 valence electrons. The SMILES string of the molecule is CC(C)CC(=O)CCNC(=O)OCc1ccccc1. The van der Waals surface area contributed by atoms with Crippen LogP contribution in [-0.2, 0) is 16.1 Å². The molecule has 0 heterocycles. The highest BCUT2D eigenvalue weighted by Gasteiger charge is 2.07. The van der Waals surface area contributed by atoms with Gasteiger partial charge >= 0.3 is 6.09 Å². The van der Waals surface area contributed by atoms with E-state index in [1.807, 2.05) is 44.2 Å². The second-order valence-corrected chi connectivity index (χ2v) is 4.88. The minimum atomic E-state index is -0.485. The fourth-order valence-electron chi connectivity index (χ4n) is 1.64. The molecule has 0 aliphatic carbocycles. The summed E-state index contributed by atoms with van der Waals surface area (Å²) >= 11 is 0. The van der Waals surface area contributed by atoms with E-state index in [1.54, 1.807) is 0 Å². The molecule has 1 aromatic carbocycles. The lowest BCUT2D eigenvalue weighted by Gasteiger charge is -2.07. The average molecular weight is 263 g/mol. The molecule has 0 radical (unpaired) electrons. The fourth-order valence-corrected chi connectivity index (χ4v) is 1.64. The minimum Gasteiger partial charge on any atom is -0.445 e. The summed E-state index contributed by atoms with van der Waals surface area (Å²) in [4.78, 5) is 22.8. The number of alkyl carbamates (subject to hydrolysis) is 1. The van der Waals surface area contributed by atoms with Crippen LogP contribution < -0.4 is 5.32 Å². The van der Waals surface area contributed by atoms with E-state index in [0.717, 1.165) is 5.56 Å². The van der Waals surface area contributed by atoms with E-state index in [4.69, 9.17) is 4.74 Å². The quantitative estimate of drug-likeness (QED) is 0.823. The number of carbonyl (C=O) groups is 2. The first-order valence-corrected chi connectivity index (χ1v) is 6.54. The van der Waals surface area contributed by atoms with Crippen molar-refractivity contribution >= 4 is 11.9 Å². The van der Waals surface area contributed by atoms with Crippen LogP contribution in [-0.4, -0.2) is 18.4 Å². The molecular formula is C15H21NO3. The van der Waals surface area contributed by atoms with E-state index >= 15 is 0 Å². The highest BCUT2D eigenvalue weighted by atomic mass is 16.5. The number of ether oxygens (including phenoxy) is 1. The van der Waals surface area contributed by atoms with Crippen molar-refractivity contribution in [3.63, 3.8) is 0 Å². The zero-order chi connectivity index (χ0) is 14.1. The zero-order valence-corrected chi connectivity index (χ0v) is 11.5. The molecule has 4 nitrogen and oxygen atoms in total. The highest BCUT2D eigenvalue weighted by Crippen LogP contribution is 2.02. The second kappa shape index (κ2) is 8.29. The Labute approximate surface area is 114 Å². The number of hydrogen-bond acceptors (Lipinski definition) is 3. The summed E-state index contributed by atoms with van der Waals surface area (Å²) in [6, 6.07) is 9.46. The number of ketones is 1. The molecular weight excluding hydrogens is 242 g/mol. The first kappa shape index (κ1) is 15.2. The van der Waals surface area contributed by atoms with Crippen LogP contribution in [0.4, 0.5) is 4.79 Å².